The number of hydrogen-bond donors (Lipinski definition) is 3. The maximum atomic E-state index is 14.2. The predicted octanol–water partition coefficient (Wildman–Crippen LogP) is 2.81. The lowest BCUT2D eigenvalue weighted by atomic mass is 9.91. The highest BCUT2D eigenvalue weighted by Crippen LogP contribution is 2.33. The molecule has 184 valence electrons. The summed E-state index contributed by atoms with van der Waals surface area (Å²) in [6.07, 6.45) is -2.18. The van der Waals surface area contributed by atoms with Crippen LogP contribution < -0.4 is 15.4 Å². The molecule has 0 aromatic heterocycles. The molecule has 1 aliphatic heterocycles. The van der Waals surface area contributed by atoms with Gasteiger partial charge in [-0.3, -0.25) is 0 Å². The average Bonchev–Trinajstić information content (AvgIpc) is 3.56. The van der Waals surface area contributed by atoms with Gasteiger partial charge in [0.1, 0.15) is 11.6 Å². The van der Waals surface area contributed by atoms with Gasteiger partial charge in [0.15, 0.2) is 0 Å². The fourth-order valence-corrected chi connectivity index (χ4v) is 4.20. The first-order valence-corrected chi connectivity index (χ1v) is 10.8. The Morgan fingerprint density at radius 1 is 1.24 bits per heavy atom. The SMILES string of the molecule is CNC(=O)N1C[C@H](CCO)C[C@@H](N(C(=O)NCc2ccc(OC(F)(F)F)cc2F)C2CC2)C1. The Bertz CT molecular complexity index is 850. The van der Waals surface area contributed by atoms with Gasteiger partial charge in [0, 0.05) is 51.0 Å². The molecule has 2 fully saturated rings. The number of alkyl halides is 3. The first-order valence-electron chi connectivity index (χ1n) is 10.8. The fourth-order valence-electron chi connectivity index (χ4n) is 4.20. The molecule has 4 amide bonds. The molecule has 1 aromatic rings. The Hall–Kier alpha value is -2.76. The zero-order chi connectivity index (χ0) is 24.2. The lowest BCUT2D eigenvalue weighted by Crippen LogP contribution is -2.58. The van der Waals surface area contributed by atoms with Crippen molar-refractivity contribution in [3.8, 4) is 5.75 Å². The summed E-state index contributed by atoms with van der Waals surface area (Å²) in [5, 5.41) is 14.6. The lowest BCUT2D eigenvalue weighted by Gasteiger charge is -2.42. The van der Waals surface area contributed by atoms with Crippen LogP contribution in [0.3, 0.4) is 0 Å². The normalized spacial score (nSPS) is 20.8. The van der Waals surface area contributed by atoms with E-state index >= 15 is 0 Å². The van der Waals surface area contributed by atoms with Crippen molar-refractivity contribution in [1.29, 1.82) is 0 Å². The molecular formula is C21H28F4N4O4. The highest BCUT2D eigenvalue weighted by Gasteiger charge is 2.41. The molecular weight excluding hydrogens is 448 g/mol. The van der Waals surface area contributed by atoms with E-state index in [1.807, 2.05) is 0 Å². The smallest absolute Gasteiger partial charge is 0.406 e. The number of aliphatic hydroxyl groups is 1. The van der Waals surface area contributed by atoms with Gasteiger partial charge in [-0.2, -0.15) is 0 Å². The molecule has 8 nitrogen and oxygen atoms in total. The van der Waals surface area contributed by atoms with Crippen molar-refractivity contribution in [3.63, 3.8) is 0 Å². The molecule has 0 bridgehead atoms. The largest absolute Gasteiger partial charge is 0.573 e. The molecule has 1 heterocycles. The van der Waals surface area contributed by atoms with Crippen LogP contribution in [0.25, 0.3) is 0 Å². The van der Waals surface area contributed by atoms with E-state index in [0.29, 0.717) is 32.0 Å². The van der Waals surface area contributed by atoms with E-state index in [0.717, 1.165) is 25.0 Å². The van der Waals surface area contributed by atoms with E-state index in [-0.39, 0.29) is 42.7 Å². The second-order valence-electron chi connectivity index (χ2n) is 8.33. The number of rotatable bonds is 7. The zero-order valence-electron chi connectivity index (χ0n) is 18.2. The summed E-state index contributed by atoms with van der Waals surface area (Å²) in [6, 6.07) is 1.77. The van der Waals surface area contributed by atoms with E-state index in [2.05, 4.69) is 15.4 Å². The third-order valence-corrected chi connectivity index (χ3v) is 5.81. The Kier molecular flexibility index (Phi) is 7.88. The van der Waals surface area contributed by atoms with Gasteiger partial charge in [0.25, 0.3) is 0 Å². The van der Waals surface area contributed by atoms with Gasteiger partial charge in [-0.15, -0.1) is 13.2 Å². The molecule has 33 heavy (non-hydrogen) atoms. The zero-order valence-corrected chi connectivity index (χ0v) is 18.2. The van der Waals surface area contributed by atoms with Crippen molar-refractivity contribution < 1.29 is 37.0 Å². The first kappa shape index (κ1) is 24.9. The van der Waals surface area contributed by atoms with Crippen molar-refractivity contribution in [2.24, 2.45) is 5.92 Å². The van der Waals surface area contributed by atoms with E-state index in [1.54, 1.807) is 9.80 Å². The number of nitrogens with zero attached hydrogens (tertiary/aromatic N) is 2. The van der Waals surface area contributed by atoms with Crippen molar-refractivity contribution >= 4 is 12.1 Å². The number of likely N-dealkylation sites (tertiary alicyclic amines) is 1. The number of amides is 4. The monoisotopic (exact) mass is 476 g/mol. The molecule has 2 aliphatic rings. The summed E-state index contributed by atoms with van der Waals surface area (Å²) in [5.74, 6) is -1.58. The molecule has 1 saturated carbocycles. The van der Waals surface area contributed by atoms with Crippen LogP contribution in [-0.4, -0.2) is 72.2 Å². The van der Waals surface area contributed by atoms with E-state index in [1.165, 1.54) is 7.05 Å². The third kappa shape index (κ3) is 6.86. The minimum atomic E-state index is -4.93. The van der Waals surface area contributed by atoms with Crippen molar-refractivity contribution in [2.75, 3.05) is 26.7 Å². The van der Waals surface area contributed by atoms with Crippen LogP contribution in [0, 0.1) is 11.7 Å². The number of carbonyl (C=O) groups is 2. The summed E-state index contributed by atoms with van der Waals surface area (Å²) in [7, 11) is 1.53. The minimum Gasteiger partial charge on any atom is -0.406 e. The van der Waals surface area contributed by atoms with Gasteiger partial charge in [0.05, 0.1) is 6.04 Å². The number of nitrogens with one attached hydrogen (secondary N) is 2. The van der Waals surface area contributed by atoms with E-state index < -0.39 is 24.0 Å². The summed E-state index contributed by atoms with van der Waals surface area (Å²) in [6.45, 7) is 0.575. The summed E-state index contributed by atoms with van der Waals surface area (Å²) in [4.78, 5) is 28.5. The van der Waals surface area contributed by atoms with Gasteiger partial charge >= 0.3 is 18.4 Å². The Labute approximate surface area is 188 Å². The van der Waals surface area contributed by atoms with Crippen LogP contribution in [-0.2, 0) is 6.54 Å². The quantitative estimate of drug-likeness (QED) is 0.528. The van der Waals surface area contributed by atoms with E-state index in [9.17, 15) is 32.3 Å². The maximum absolute atomic E-state index is 14.2. The number of piperidine rings is 1. The van der Waals surface area contributed by atoms with Gasteiger partial charge in [-0.1, -0.05) is 6.07 Å². The second kappa shape index (κ2) is 10.4. The third-order valence-electron chi connectivity index (χ3n) is 5.81. The number of urea groups is 2. The molecule has 2 atom stereocenters. The fraction of sp³-hybridized carbons (Fsp3) is 0.619. The molecule has 0 radical (unpaired) electrons. The predicted molar refractivity (Wildman–Crippen MR) is 110 cm³/mol. The van der Waals surface area contributed by atoms with Gasteiger partial charge < -0.3 is 30.3 Å². The van der Waals surface area contributed by atoms with Crippen molar-refractivity contribution in [3.05, 3.63) is 29.6 Å². The van der Waals surface area contributed by atoms with Crippen molar-refractivity contribution in [2.45, 2.75) is 50.7 Å². The molecule has 12 heteroatoms. The number of halogens is 4. The van der Waals surface area contributed by atoms with Crippen LogP contribution in [0.15, 0.2) is 18.2 Å². The second-order valence-corrected chi connectivity index (χ2v) is 8.33. The number of aliphatic hydroxyl groups excluding tert-OH is 1. The Balaban J connectivity index is 1.67. The molecule has 0 unspecified atom stereocenters. The topological polar surface area (TPSA) is 94.1 Å². The summed E-state index contributed by atoms with van der Waals surface area (Å²) in [5.41, 5.74) is 0.0161. The standard InChI is InChI=1S/C21H28F4N4O4/c1-26-19(31)28-11-13(6-7-30)8-16(12-28)29(15-3-4-15)20(32)27-10-14-2-5-17(9-18(14)22)33-21(23,24)25/h2,5,9,13,15-16,30H,3-4,6-8,10-12H2,1H3,(H,26,31)(H,27,32)/t13-,16-/m1/s1. The van der Waals surface area contributed by atoms with Crippen LogP contribution in [0.1, 0.15) is 31.2 Å². The van der Waals surface area contributed by atoms with Crippen LogP contribution >= 0.6 is 0 Å². The van der Waals surface area contributed by atoms with Gasteiger partial charge in [-0.05, 0) is 37.7 Å². The average molecular weight is 476 g/mol. The Morgan fingerprint density at radius 3 is 2.55 bits per heavy atom. The molecule has 0 spiro atoms. The Morgan fingerprint density at radius 2 is 1.97 bits per heavy atom. The van der Waals surface area contributed by atoms with Crippen LogP contribution in [0.5, 0.6) is 5.75 Å². The highest BCUT2D eigenvalue weighted by atomic mass is 19.4. The number of ether oxygens (including phenoxy) is 1. The number of hydrogen-bond acceptors (Lipinski definition) is 4. The lowest BCUT2D eigenvalue weighted by molar-refractivity contribution is -0.274. The number of carbonyl (C=O) groups excluding carboxylic acids is 2. The van der Waals surface area contributed by atoms with Gasteiger partial charge in [-0.25, -0.2) is 14.0 Å². The maximum Gasteiger partial charge on any atom is 0.573 e. The molecule has 1 saturated heterocycles. The molecule has 3 N–H and O–H groups in total. The molecule has 1 aliphatic carbocycles. The van der Waals surface area contributed by atoms with Crippen LogP contribution in [0.4, 0.5) is 27.2 Å². The minimum absolute atomic E-state index is 0.00169. The van der Waals surface area contributed by atoms with Crippen molar-refractivity contribution in [1.82, 2.24) is 20.4 Å². The van der Waals surface area contributed by atoms with Gasteiger partial charge in [0.2, 0.25) is 0 Å². The molecule has 3 rings (SSSR count). The summed E-state index contributed by atoms with van der Waals surface area (Å²) >= 11 is 0. The first-order chi connectivity index (χ1) is 15.6. The number of benzene rings is 1. The highest BCUT2D eigenvalue weighted by molar-refractivity contribution is 5.76. The molecule has 1 aromatic carbocycles. The van der Waals surface area contributed by atoms with E-state index in [4.69, 9.17) is 0 Å². The summed E-state index contributed by atoms with van der Waals surface area (Å²) < 4.78 is 54.8. The van der Waals surface area contributed by atoms with Crippen LogP contribution in [0.2, 0.25) is 0 Å².